The molecule has 0 aliphatic carbocycles. The van der Waals surface area contributed by atoms with Crippen LogP contribution in [0.1, 0.15) is 61.3 Å². The van der Waals surface area contributed by atoms with Gasteiger partial charge in [0, 0.05) is 0 Å². The van der Waals surface area contributed by atoms with Crippen molar-refractivity contribution in [1.29, 1.82) is 0 Å². The molecule has 0 unspecified atom stereocenters. The highest BCUT2D eigenvalue weighted by atomic mass is 13.9. The van der Waals surface area contributed by atoms with Crippen LogP contribution in [0.3, 0.4) is 0 Å². The topological polar surface area (TPSA) is 0 Å². The van der Waals surface area contributed by atoms with Crippen molar-refractivity contribution in [2.75, 3.05) is 0 Å². The molecular formula is C15H30. The molecule has 15 heavy (non-hydrogen) atoms. The highest BCUT2D eigenvalue weighted by Crippen LogP contribution is 2.01. The standard InChI is InChI=1S/C10H16.C3H8.C2H6/c1-5-6-10(4)8-7-9(2)3;1-3-2;1-2/h5,7-8H,1,6H2,2-4H3;3H2,1-2H3;1-2H3/b10-8+;;. The molecule has 0 aliphatic rings. The van der Waals surface area contributed by atoms with Crippen LogP contribution >= 0.6 is 0 Å². The summed E-state index contributed by atoms with van der Waals surface area (Å²) in [7, 11) is 0. The maximum atomic E-state index is 3.67. The van der Waals surface area contributed by atoms with Crippen LogP contribution < -0.4 is 0 Å². The molecule has 0 saturated heterocycles. The Morgan fingerprint density at radius 3 is 1.67 bits per heavy atom. The Balaban J connectivity index is -0.000000245. The van der Waals surface area contributed by atoms with Crippen molar-refractivity contribution in [2.24, 2.45) is 0 Å². The van der Waals surface area contributed by atoms with Gasteiger partial charge in [0.05, 0.1) is 0 Å². The van der Waals surface area contributed by atoms with Gasteiger partial charge in [0.15, 0.2) is 0 Å². The molecular weight excluding hydrogens is 180 g/mol. The van der Waals surface area contributed by atoms with E-state index in [0.29, 0.717) is 0 Å². The van der Waals surface area contributed by atoms with E-state index in [1.54, 1.807) is 0 Å². The molecule has 90 valence electrons. The van der Waals surface area contributed by atoms with Gasteiger partial charge in [-0.3, -0.25) is 0 Å². The van der Waals surface area contributed by atoms with E-state index < -0.39 is 0 Å². The van der Waals surface area contributed by atoms with Crippen molar-refractivity contribution in [1.82, 2.24) is 0 Å². The summed E-state index contributed by atoms with van der Waals surface area (Å²) in [6.45, 7) is 18.2. The summed E-state index contributed by atoms with van der Waals surface area (Å²) < 4.78 is 0. The molecule has 0 nitrogen and oxygen atoms in total. The summed E-state index contributed by atoms with van der Waals surface area (Å²) in [6.07, 6.45) is 8.42. The summed E-state index contributed by atoms with van der Waals surface area (Å²) >= 11 is 0. The van der Waals surface area contributed by atoms with Crippen molar-refractivity contribution in [3.8, 4) is 0 Å². The molecule has 0 aromatic carbocycles. The first-order chi connectivity index (χ1) is 7.08. The van der Waals surface area contributed by atoms with Crippen LogP contribution in [0.5, 0.6) is 0 Å². The Kier molecular flexibility index (Phi) is 24.9. The molecule has 0 saturated carbocycles. The molecule has 0 bridgehead atoms. The Hall–Kier alpha value is -0.780. The highest BCUT2D eigenvalue weighted by molar-refractivity contribution is 5.15. The highest BCUT2D eigenvalue weighted by Gasteiger charge is 1.80. The predicted molar refractivity (Wildman–Crippen MR) is 75.3 cm³/mol. The van der Waals surface area contributed by atoms with Gasteiger partial charge in [-0.05, 0) is 27.2 Å². The van der Waals surface area contributed by atoms with Crippen LogP contribution in [0.2, 0.25) is 0 Å². The van der Waals surface area contributed by atoms with Crippen molar-refractivity contribution in [3.05, 3.63) is 36.0 Å². The van der Waals surface area contributed by atoms with Crippen molar-refractivity contribution in [2.45, 2.75) is 61.3 Å². The van der Waals surface area contributed by atoms with Gasteiger partial charge in [0.1, 0.15) is 0 Å². The van der Waals surface area contributed by atoms with Gasteiger partial charge in [-0.2, -0.15) is 0 Å². The van der Waals surface area contributed by atoms with Gasteiger partial charge in [-0.15, -0.1) is 6.58 Å². The second-order valence-electron chi connectivity index (χ2n) is 3.46. The molecule has 0 spiro atoms. The van der Waals surface area contributed by atoms with Gasteiger partial charge in [-0.1, -0.05) is 63.5 Å². The molecule has 0 aromatic rings. The summed E-state index contributed by atoms with van der Waals surface area (Å²) in [4.78, 5) is 0. The van der Waals surface area contributed by atoms with Gasteiger partial charge < -0.3 is 0 Å². The fourth-order valence-electron chi connectivity index (χ4n) is 0.605. The van der Waals surface area contributed by atoms with E-state index in [4.69, 9.17) is 0 Å². The third kappa shape index (κ3) is 31.9. The molecule has 0 aromatic heterocycles. The van der Waals surface area contributed by atoms with Crippen LogP contribution in [0.25, 0.3) is 0 Å². The lowest BCUT2D eigenvalue weighted by molar-refractivity contribution is 1.09. The van der Waals surface area contributed by atoms with E-state index in [9.17, 15) is 0 Å². The Bertz CT molecular complexity index is 166. The zero-order valence-electron chi connectivity index (χ0n) is 11.9. The summed E-state index contributed by atoms with van der Waals surface area (Å²) in [5.74, 6) is 0. The molecule has 0 amide bonds. The molecule has 0 aliphatic heterocycles. The van der Waals surface area contributed by atoms with Crippen LogP contribution in [-0.4, -0.2) is 0 Å². The molecule has 0 heteroatoms. The second kappa shape index (κ2) is 18.9. The first kappa shape index (κ1) is 19.7. The first-order valence-corrected chi connectivity index (χ1v) is 5.99. The Morgan fingerprint density at radius 2 is 1.40 bits per heavy atom. The average molecular weight is 210 g/mol. The van der Waals surface area contributed by atoms with E-state index in [0.717, 1.165) is 6.42 Å². The van der Waals surface area contributed by atoms with Crippen LogP contribution in [0, 0.1) is 0 Å². The second-order valence-corrected chi connectivity index (χ2v) is 3.46. The van der Waals surface area contributed by atoms with Gasteiger partial charge in [0.2, 0.25) is 0 Å². The number of rotatable bonds is 3. The Labute approximate surface area is 97.8 Å². The van der Waals surface area contributed by atoms with Gasteiger partial charge >= 0.3 is 0 Å². The maximum absolute atomic E-state index is 3.67. The van der Waals surface area contributed by atoms with E-state index in [1.165, 1.54) is 17.6 Å². The largest absolute Gasteiger partial charge is 0.103 e. The average Bonchev–Trinajstić information content (AvgIpc) is 2.20. The monoisotopic (exact) mass is 210 g/mol. The zero-order valence-corrected chi connectivity index (χ0v) is 11.9. The van der Waals surface area contributed by atoms with Crippen molar-refractivity contribution < 1.29 is 0 Å². The van der Waals surface area contributed by atoms with Crippen LogP contribution in [0.15, 0.2) is 36.0 Å². The number of allylic oxidation sites excluding steroid dienone is 5. The van der Waals surface area contributed by atoms with E-state index >= 15 is 0 Å². The Morgan fingerprint density at radius 1 is 1.00 bits per heavy atom. The van der Waals surface area contributed by atoms with Gasteiger partial charge in [-0.25, -0.2) is 0 Å². The number of hydrogen-bond donors (Lipinski definition) is 0. The quantitative estimate of drug-likeness (QED) is 0.401. The fraction of sp³-hybridized carbons (Fsp3) is 0.600. The van der Waals surface area contributed by atoms with E-state index in [-0.39, 0.29) is 0 Å². The third-order valence-electron chi connectivity index (χ3n) is 1.17. The van der Waals surface area contributed by atoms with Crippen molar-refractivity contribution in [3.63, 3.8) is 0 Å². The lowest BCUT2D eigenvalue weighted by atomic mass is 10.2. The normalized spacial score (nSPS) is 8.87. The maximum Gasteiger partial charge on any atom is -0.0141 e. The molecule has 0 atom stereocenters. The SMILES string of the molecule is C=CC/C(C)=C/C=C(C)C.CC.CCC. The minimum Gasteiger partial charge on any atom is -0.103 e. The van der Waals surface area contributed by atoms with Crippen LogP contribution in [-0.2, 0) is 0 Å². The molecule has 0 N–H and O–H groups in total. The molecule has 0 radical (unpaired) electrons. The zero-order chi connectivity index (χ0) is 12.7. The lowest BCUT2D eigenvalue weighted by Crippen LogP contribution is -1.70. The van der Waals surface area contributed by atoms with Crippen molar-refractivity contribution >= 4 is 0 Å². The summed E-state index contributed by atoms with van der Waals surface area (Å²) in [5.41, 5.74) is 2.69. The van der Waals surface area contributed by atoms with E-state index in [1.807, 2.05) is 19.9 Å². The van der Waals surface area contributed by atoms with E-state index in [2.05, 4.69) is 53.3 Å². The lowest BCUT2D eigenvalue weighted by Gasteiger charge is -1.91. The summed E-state index contributed by atoms with van der Waals surface area (Å²) in [6, 6.07) is 0. The minimum atomic E-state index is 0.990. The first-order valence-electron chi connectivity index (χ1n) is 5.99. The minimum absolute atomic E-state index is 0.990. The number of hydrogen-bond acceptors (Lipinski definition) is 0. The molecule has 0 heterocycles. The van der Waals surface area contributed by atoms with Gasteiger partial charge in [0.25, 0.3) is 0 Å². The predicted octanol–water partition coefficient (Wildman–Crippen LogP) is 5.92. The van der Waals surface area contributed by atoms with Crippen LogP contribution in [0.4, 0.5) is 0 Å². The third-order valence-corrected chi connectivity index (χ3v) is 1.17. The smallest absolute Gasteiger partial charge is 0.0141 e. The summed E-state index contributed by atoms with van der Waals surface area (Å²) in [5, 5.41) is 0. The molecule has 0 rings (SSSR count). The molecule has 0 fully saturated rings. The fourth-order valence-corrected chi connectivity index (χ4v) is 0.605.